The van der Waals surface area contributed by atoms with Gasteiger partial charge in [0.05, 0.1) is 12.6 Å². The standard InChI is InChI=1S/C17H24N2O3/c1-12-13(2)17(22)19(16(12)21)11-15(20)10-18(3)9-14-7-5-4-6-8-14/h4-8,12-13,15,20H,9-11H2,1-3H3/t12-,13+,15-/m1/s1. The molecular weight excluding hydrogens is 280 g/mol. The fourth-order valence-corrected chi connectivity index (χ4v) is 2.80. The number of imide groups is 1. The van der Waals surface area contributed by atoms with E-state index in [-0.39, 0.29) is 30.2 Å². The molecule has 22 heavy (non-hydrogen) atoms. The Morgan fingerprint density at radius 1 is 1.14 bits per heavy atom. The average Bonchev–Trinajstić information content (AvgIpc) is 2.66. The number of hydrogen-bond donors (Lipinski definition) is 1. The number of likely N-dealkylation sites (tertiary alicyclic amines) is 1. The van der Waals surface area contributed by atoms with Crippen LogP contribution in [0.3, 0.4) is 0 Å². The Labute approximate surface area is 131 Å². The quantitative estimate of drug-likeness (QED) is 0.800. The third kappa shape index (κ3) is 3.72. The van der Waals surface area contributed by atoms with Gasteiger partial charge >= 0.3 is 0 Å². The number of likely N-dealkylation sites (N-methyl/N-ethyl adjacent to an activating group) is 1. The summed E-state index contributed by atoms with van der Waals surface area (Å²) in [6.07, 6.45) is -0.737. The highest BCUT2D eigenvalue weighted by molar-refractivity contribution is 6.04. The van der Waals surface area contributed by atoms with Crippen molar-refractivity contribution in [3.63, 3.8) is 0 Å². The van der Waals surface area contributed by atoms with Gasteiger partial charge in [-0.2, -0.15) is 0 Å². The lowest BCUT2D eigenvalue weighted by Crippen LogP contribution is -2.42. The summed E-state index contributed by atoms with van der Waals surface area (Å²) in [6, 6.07) is 9.97. The Morgan fingerprint density at radius 2 is 1.68 bits per heavy atom. The van der Waals surface area contributed by atoms with Crippen molar-refractivity contribution in [2.24, 2.45) is 11.8 Å². The molecule has 1 aliphatic heterocycles. The minimum absolute atomic E-state index is 0.0749. The highest BCUT2D eigenvalue weighted by atomic mass is 16.3. The summed E-state index contributed by atoms with van der Waals surface area (Å²) in [5.74, 6) is -0.937. The number of β-amino-alcohol motifs (C(OH)–C–C–N with tert-alkyl or cyclic N) is 1. The van der Waals surface area contributed by atoms with Gasteiger partial charge in [-0.1, -0.05) is 44.2 Å². The van der Waals surface area contributed by atoms with Crippen molar-refractivity contribution < 1.29 is 14.7 Å². The van der Waals surface area contributed by atoms with Crippen LogP contribution < -0.4 is 0 Å². The molecule has 1 aromatic carbocycles. The van der Waals surface area contributed by atoms with Crippen LogP contribution in [-0.2, 0) is 16.1 Å². The number of aliphatic hydroxyl groups excluding tert-OH is 1. The summed E-state index contributed by atoms with van der Waals surface area (Å²) >= 11 is 0. The van der Waals surface area contributed by atoms with Crippen LogP contribution in [0.2, 0.25) is 0 Å². The van der Waals surface area contributed by atoms with E-state index in [0.29, 0.717) is 13.1 Å². The van der Waals surface area contributed by atoms with E-state index in [2.05, 4.69) is 0 Å². The zero-order valence-corrected chi connectivity index (χ0v) is 13.4. The first-order valence-corrected chi connectivity index (χ1v) is 7.66. The summed E-state index contributed by atoms with van der Waals surface area (Å²) in [4.78, 5) is 27.2. The van der Waals surface area contributed by atoms with E-state index in [0.717, 1.165) is 5.56 Å². The summed E-state index contributed by atoms with van der Waals surface area (Å²) < 4.78 is 0. The molecule has 0 aromatic heterocycles. The van der Waals surface area contributed by atoms with Crippen molar-refractivity contribution in [1.82, 2.24) is 9.80 Å². The first kappa shape index (κ1) is 16.6. The molecule has 5 nitrogen and oxygen atoms in total. The minimum Gasteiger partial charge on any atom is -0.390 e. The Hall–Kier alpha value is -1.72. The number of nitrogens with zero attached hydrogens (tertiary/aromatic N) is 2. The van der Waals surface area contributed by atoms with Gasteiger partial charge in [-0.3, -0.25) is 19.4 Å². The molecule has 2 amide bonds. The maximum Gasteiger partial charge on any atom is 0.232 e. The maximum absolute atomic E-state index is 12.0. The molecule has 1 N–H and O–H groups in total. The van der Waals surface area contributed by atoms with Crippen LogP contribution in [0, 0.1) is 11.8 Å². The predicted octanol–water partition coefficient (Wildman–Crippen LogP) is 1.12. The molecule has 0 bridgehead atoms. The van der Waals surface area contributed by atoms with Gasteiger partial charge in [0.1, 0.15) is 0 Å². The van der Waals surface area contributed by atoms with Gasteiger partial charge in [0.2, 0.25) is 11.8 Å². The van der Waals surface area contributed by atoms with Crippen molar-refractivity contribution in [2.75, 3.05) is 20.1 Å². The fraction of sp³-hybridized carbons (Fsp3) is 0.529. The molecule has 120 valence electrons. The van der Waals surface area contributed by atoms with Gasteiger partial charge < -0.3 is 5.11 Å². The zero-order chi connectivity index (χ0) is 16.3. The molecule has 1 heterocycles. The van der Waals surface area contributed by atoms with E-state index < -0.39 is 6.10 Å². The number of carbonyl (C=O) groups excluding carboxylic acids is 2. The molecule has 1 aliphatic rings. The summed E-state index contributed by atoms with van der Waals surface area (Å²) in [6.45, 7) is 4.73. The molecule has 1 saturated heterocycles. The van der Waals surface area contributed by atoms with Crippen molar-refractivity contribution in [1.29, 1.82) is 0 Å². The number of hydrogen-bond acceptors (Lipinski definition) is 4. The first-order valence-electron chi connectivity index (χ1n) is 7.66. The van der Waals surface area contributed by atoms with Crippen LogP contribution in [0.5, 0.6) is 0 Å². The lowest BCUT2D eigenvalue weighted by atomic mass is 10.00. The Morgan fingerprint density at radius 3 is 2.23 bits per heavy atom. The lowest BCUT2D eigenvalue weighted by Gasteiger charge is -2.24. The van der Waals surface area contributed by atoms with Crippen LogP contribution in [0.1, 0.15) is 19.4 Å². The molecule has 3 atom stereocenters. The normalized spacial score (nSPS) is 23.4. The van der Waals surface area contributed by atoms with Gasteiger partial charge in [-0.25, -0.2) is 0 Å². The van der Waals surface area contributed by atoms with Crippen LogP contribution in [-0.4, -0.2) is 53.0 Å². The molecule has 0 unspecified atom stereocenters. The smallest absolute Gasteiger partial charge is 0.232 e. The average molecular weight is 304 g/mol. The third-order valence-electron chi connectivity index (χ3n) is 4.27. The summed E-state index contributed by atoms with van der Waals surface area (Å²) in [5, 5.41) is 10.2. The second-order valence-electron chi connectivity index (χ2n) is 6.20. The fourth-order valence-electron chi connectivity index (χ4n) is 2.80. The molecule has 1 fully saturated rings. The largest absolute Gasteiger partial charge is 0.390 e. The molecular formula is C17H24N2O3. The topological polar surface area (TPSA) is 60.9 Å². The highest BCUT2D eigenvalue weighted by Crippen LogP contribution is 2.25. The van der Waals surface area contributed by atoms with Crippen molar-refractivity contribution in [3.05, 3.63) is 35.9 Å². The summed E-state index contributed by atoms with van der Waals surface area (Å²) in [7, 11) is 1.91. The second kappa shape index (κ2) is 7.03. The predicted molar refractivity (Wildman–Crippen MR) is 83.8 cm³/mol. The maximum atomic E-state index is 12.0. The van der Waals surface area contributed by atoms with E-state index in [1.807, 2.05) is 42.3 Å². The Kier molecular flexibility index (Phi) is 5.32. The molecule has 0 spiro atoms. The SMILES string of the molecule is C[C@@H]1C(=O)N(C[C@H](O)CN(C)Cc2ccccc2)C(=O)[C@@H]1C. The van der Waals surface area contributed by atoms with Crippen LogP contribution in [0.4, 0.5) is 0 Å². The molecule has 1 aromatic rings. The summed E-state index contributed by atoms with van der Waals surface area (Å²) in [5.41, 5.74) is 1.16. The molecule has 0 saturated carbocycles. The van der Waals surface area contributed by atoms with Gasteiger partial charge in [-0.15, -0.1) is 0 Å². The van der Waals surface area contributed by atoms with Crippen LogP contribution >= 0.6 is 0 Å². The van der Waals surface area contributed by atoms with E-state index >= 15 is 0 Å². The van der Waals surface area contributed by atoms with Crippen molar-refractivity contribution in [3.8, 4) is 0 Å². The van der Waals surface area contributed by atoms with Gasteiger partial charge in [0, 0.05) is 24.9 Å². The Balaban J connectivity index is 1.86. The number of rotatable bonds is 6. The van der Waals surface area contributed by atoms with Gasteiger partial charge in [0.15, 0.2) is 0 Å². The number of benzene rings is 1. The monoisotopic (exact) mass is 304 g/mol. The Bertz CT molecular complexity index is 512. The van der Waals surface area contributed by atoms with Crippen molar-refractivity contribution in [2.45, 2.75) is 26.5 Å². The van der Waals surface area contributed by atoms with E-state index in [4.69, 9.17) is 0 Å². The molecule has 0 aliphatic carbocycles. The molecule has 0 radical (unpaired) electrons. The van der Waals surface area contributed by atoms with Crippen molar-refractivity contribution >= 4 is 11.8 Å². The third-order valence-corrected chi connectivity index (χ3v) is 4.27. The second-order valence-corrected chi connectivity index (χ2v) is 6.20. The number of aliphatic hydroxyl groups is 1. The number of carbonyl (C=O) groups is 2. The molecule has 2 rings (SSSR count). The van der Waals surface area contributed by atoms with Crippen LogP contribution in [0.25, 0.3) is 0 Å². The molecule has 5 heteroatoms. The van der Waals surface area contributed by atoms with E-state index in [9.17, 15) is 14.7 Å². The van der Waals surface area contributed by atoms with Gasteiger partial charge in [0.25, 0.3) is 0 Å². The number of amides is 2. The van der Waals surface area contributed by atoms with E-state index in [1.54, 1.807) is 13.8 Å². The zero-order valence-electron chi connectivity index (χ0n) is 13.4. The lowest BCUT2D eigenvalue weighted by molar-refractivity contribution is -0.141. The van der Waals surface area contributed by atoms with Crippen LogP contribution in [0.15, 0.2) is 30.3 Å². The minimum atomic E-state index is -0.737. The highest BCUT2D eigenvalue weighted by Gasteiger charge is 2.42. The first-order chi connectivity index (χ1) is 10.4. The van der Waals surface area contributed by atoms with Gasteiger partial charge in [-0.05, 0) is 12.6 Å². The van der Waals surface area contributed by atoms with E-state index in [1.165, 1.54) is 4.90 Å².